The van der Waals surface area contributed by atoms with Crippen LogP contribution in [0.25, 0.3) is 11.0 Å². The molecule has 2 rings (SSSR count). The molecule has 3 heteroatoms. The summed E-state index contributed by atoms with van der Waals surface area (Å²) in [5, 5.41) is 4.01. The van der Waals surface area contributed by atoms with E-state index in [4.69, 9.17) is 4.42 Å². The van der Waals surface area contributed by atoms with Crippen molar-refractivity contribution >= 4 is 11.0 Å². The van der Waals surface area contributed by atoms with Gasteiger partial charge in [-0.2, -0.15) is 0 Å². The maximum absolute atomic E-state index is 13.2. The quantitative estimate of drug-likeness (QED) is 0.814. The summed E-state index contributed by atoms with van der Waals surface area (Å²) in [5.74, 6) is 0.616. The second-order valence-electron chi connectivity index (χ2n) is 4.10. The minimum Gasteiger partial charge on any atom is -0.459 e. The van der Waals surface area contributed by atoms with Crippen LogP contribution >= 0.6 is 0 Å². The molecule has 0 saturated carbocycles. The van der Waals surface area contributed by atoms with Gasteiger partial charge in [0.15, 0.2) is 0 Å². The van der Waals surface area contributed by atoms with Gasteiger partial charge in [0.05, 0.1) is 6.04 Å². The average molecular weight is 233 g/mol. The third-order valence-corrected chi connectivity index (χ3v) is 3.00. The highest BCUT2D eigenvalue weighted by molar-refractivity contribution is 5.82. The van der Waals surface area contributed by atoms with Crippen LogP contribution in [-0.4, -0.2) is 7.05 Å². The molecular weight excluding hydrogens is 217 g/mol. The summed E-state index contributed by atoms with van der Waals surface area (Å²) in [6.45, 7) is 5.68. The molecule has 1 aromatic heterocycles. The van der Waals surface area contributed by atoms with Crippen LogP contribution in [0.2, 0.25) is 0 Å². The van der Waals surface area contributed by atoms with Crippen LogP contribution in [0.3, 0.4) is 0 Å². The van der Waals surface area contributed by atoms with Crippen molar-refractivity contribution in [2.45, 2.75) is 19.4 Å². The van der Waals surface area contributed by atoms with Crippen molar-refractivity contribution in [2.24, 2.45) is 0 Å². The largest absolute Gasteiger partial charge is 0.459 e. The van der Waals surface area contributed by atoms with Crippen molar-refractivity contribution in [3.8, 4) is 0 Å². The second-order valence-corrected chi connectivity index (χ2v) is 4.10. The molecule has 2 nitrogen and oxygen atoms in total. The molecule has 0 aliphatic heterocycles. The lowest BCUT2D eigenvalue weighted by molar-refractivity contribution is 0.452. The SMILES string of the molecule is C=CCC(NC)c1oc2ccc(F)cc2c1C. The van der Waals surface area contributed by atoms with Crippen LogP contribution in [0.4, 0.5) is 4.39 Å². The minimum atomic E-state index is -0.238. The van der Waals surface area contributed by atoms with Crippen LogP contribution in [0.15, 0.2) is 35.3 Å². The Hall–Kier alpha value is -1.61. The number of nitrogens with one attached hydrogen (secondary N) is 1. The van der Waals surface area contributed by atoms with E-state index in [1.54, 1.807) is 6.07 Å². The normalized spacial score (nSPS) is 12.9. The summed E-state index contributed by atoms with van der Waals surface area (Å²) in [4.78, 5) is 0. The van der Waals surface area contributed by atoms with E-state index in [2.05, 4.69) is 11.9 Å². The minimum absolute atomic E-state index is 0.0861. The first kappa shape index (κ1) is 11.9. The van der Waals surface area contributed by atoms with Gasteiger partial charge in [0.25, 0.3) is 0 Å². The number of hydrogen-bond donors (Lipinski definition) is 1. The number of hydrogen-bond acceptors (Lipinski definition) is 2. The van der Waals surface area contributed by atoms with E-state index < -0.39 is 0 Å². The van der Waals surface area contributed by atoms with Crippen LogP contribution in [0, 0.1) is 12.7 Å². The average Bonchev–Trinajstić information content (AvgIpc) is 2.64. The van der Waals surface area contributed by atoms with Gasteiger partial charge in [-0.1, -0.05) is 6.08 Å². The Bertz CT molecular complexity index is 544. The summed E-state index contributed by atoms with van der Waals surface area (Å²) in [5.41, 5.74) is 1.71. The van der Waals surface area contributed by atoms with E-state index in [1.165, 1.54) is 12.1 Å². The number of rotatable bonds is 4. The molecular formula is C14H16FNO. The smallest absolute Gasteiger partial charge is 0.134 e. The molecule has 1 atom stereocenters. The molecule has 2 aromatic rings. The standard InChI is InChI=1S/C14H16FNO/c1-4-5-12(16-3)14-9(2)11-8-10(15)6-7-13(11)17-14/h4,6-8,12,16H,1,5H2,2-3H3. The van der Waals surface area contributed by atoms with Crippen LogP contribution in [-0.2, 0) is 0 Å². The van der Waals surface area contributed by atoms with E-state index in [0.29, 0.717) is 0 Å². The molecule has 0 aliphatic carbocycles. The zero-order valence-corrected chi connectivity index (χ0v) is 10.1. The predicted molar refractivity (Wildman–Crippen MR) is 67.5 cm³/mol. The van der Waals surface area contributed by atoms with Crippen LogP contribution < -0.4 is 5.32 Å². The van der Waals surface area contributed by atoms with Crippen molar-refractivity contribution in [1.29, 1.82) is 0 Å². The summed E-state index contributed by atoms with van der Waals surface area (Å²) in [6, 6.07) is 4.68. The van der Waals surface area contributed by atoms with Gasteiger partial charge < -0.3 is 9.73 Å². The van der Waals surface area contributed by atoms with Gasteiger partial charge in [0.1, 0.15) is 17.2 Å². The Morgan fingerprint density at radius 3 is 2.94 bits per heavy atom. The van der Waals surface area contributed by atoms with E-state index >= 15 is 0 Å². The molecule has 1 heterocycles. The van der Waals surface area contributed by atoms with Gasteiger partial charge in [0.2, 0.25) is 0 Å². The van der Waals surface area contributed by atoms with Gasteiger partial charge in [-0.25, -0.2) is 4.39 Å². The number of aryl methyl sites for hydroxylation is 1. The van der Waals surface area contributed by atoms with Crippen LogP contribution in [0.5, 0.6) is 0 Å². The molecule has 0 saturated heterocycles. The molecule has 0 fully saturated rings. The van der Waals surface area contributed by atoms with Crippen molar-refractivity contribution < 1.29 is 8.81 Å². The first-order chi connectivity index (χ1) is 8.17. The fraction of sp³-hybridized carbons (Fsp3) is 0.286. The van der Waals surface area contributed by atoms with Crippen molar-refractivity contribution in [3.63, 3.8) is 0 Å². The van der Waals surface area contributed by atoms with E-state index in [1.807, 2.05) is 20.0 Å². The predicted octanol–water partition coefficient (Wildman–Crippen LogP) is 3.72. The molecule has 1 N–H and O–H groups in total. The number of benzene rings is 1. The molecule has 17 heavy (non-hydrogen) atoms. The number of fused-ring (bicyclic) bond motifs is 1. The van der Waals surface area contributed by atoms with Gasteiger partial charge in [-0.15, -0.1) is 6.58 Å². The Morgan fingerprint density at radius 1 is 1.53 bits per heavy atom. The van der Waals surface area contributed by atoms with E-state index in [9.17, 15) is 4.39 Å². The molecule has 0 aliphatic rings. The number of halogens is 1. The molecule has 0 radical (unpaired) electrons. The van der Waals surface area contributed by atoms with Gasteiger partial charge in [0, 0.05) is 10.9 Å². The van der Waals surface area contributed by atoms with Gasteiger partial charge in [-0.05, 0) is 38.6 Å². The Labute approximate surface area is 100 Å². The fourth-order valence-electron chi connectivity index (χ4n) is 2.07. The first-order valence-electron chi connectivity index (χ1n) is 5.64. The summed E-state index contributed by atoms with van der Waals surface area (Å²) >= 11 is 0. The Balaban J connectivity index is 2.54. The molecule has 0 spiro atoms. The Kier molecular flexibility index (Phi) is 3.29. The lowest BCUT2D eigenvalue weighted by Crippen LogP contribution is -2.15. The third-order valence-electron chi connectivity index (χ3n) is 3.00. The lowest BCUT2D eigenvalue weighted by atomic mass is 10.1. The first-order valence-corrected chi connectivity index (χ1v) is 5.64. The topological polar surface area (TPSA) is 25.2 Å². The highest BCUT2D eigenvalue weighted by atomic mass is 19.1. The third kappa shape index (κ3) is 2.11. The van der Waals surface area contributed by atoms with Crippen molar-refractivity contribution in [2.75, 3.05) is 7.05 Å². The summed E-state index contributed by atoms with van der Waals surface area (Å²) in [6.07, 6.45) is 2.62. The van der Waals surface area contributed by atoms with Gasteiger partial charge >= 0.3 is 0 Å². The maximum Gasteiger partial charge on any atom is 0.134 e. The molecule has 90 valence electrons. The molecule has 1 aromatic carbocycles. The summed E-state index contributed by atoms with van der Waals surface area (Å²) < 4.78 is 19.0. The summed E-state index contributed by atoms with van der Waals surface area (Å²) in [7, 11) is 1.88. The Morgan fingerprint density at radius 2 is 2.29 bits per heavy atom. The lowest BCUT2D eigenvalue weighted by Gasteiger charge is -2.11. The molecule has 1 unspecified atom stereocenters. The van der Waals surface area contributed by atoms with Crippen molar-refractivity contribution in [3.05, 3.63) is 48.0 Å². The molecule has 0 amide bonds. The zero-order valence-electron chi connectivity index (χ0n) is 10.1. The van der Waals surface area contributed by atoms with E-state index in [-0.39, 0.29) is 11.9 Å². The maximum atomic E-state index is 13.2. The van der Waals surface area contributed by atoms with Gasteiger partial charge in [-0.3, -0.25) is 0 Å². The van der Waals surface area contributed by atoms with E-state index in [0.717, 1.165) is 28.7 Å². The monoisotopic (exact) mass is 233 g/mol. The zero-order chi connectivity index (χ0) is 12.4. The van der Waals surface area contributed by atoms with Crippen LogP contribution in [0.1, 0.15) is 23.8 Å². The highest BCUT2D eigenvalue weighted by Crippen LogP contribution is 2.31. The number of furan rings is 1. The molecule has 0 bridgehead atoms. The highest BCUT2D eigenvalue weighted by Gasteiger charge is 2.18. The fourth-order valence-corrected chi connectivity index (χ4v) is 2.07. The van der Waals surface area contributed by atoms with Crippen molar-refractivity contribution in [1.82, 2.24) is 5.32 Å². The second kappa shape index (κ2) is 4.72.